The van der Waals surface area contributed by atoms with E-state index >= 15 is 0 Å². The minimum Gasteiger partial charge on any atom is -0.490 e. The normalized spacial score (nSPS) is 9.68. The lowest BCUT2D eigenvalue weighted by molar-refractivity contribution is -0.385. The molecule has 4 aromatic carbocycles. The topological polar surface area (TPSA) is 175 Å². The van der Waals surface area contributed by atoms with E-state index in [0.29, 0.717) is 29.5 Å². The van der Waals surface area contributed by atoms with Gasteiger partial charge in [-0.2, -0.15) is 0 Å². The summed E-state index contributed by atoms with van der Waals surface area (Å²) >= 11 is 0. The zero-order valence-electron chi connectivity index (χ0n) is 22.0. The van der Waals surface area contributed by atoms with E-state index in [1.165, 1.54) is 42.5 Å². The van der Waals surface area contributed by atoms with E-state index in [1.807, 2.05) is 0 Å². The molecule has 0 unspecified atom stereocenters. The summed E-state index contributed by atoms with van der Waals surface area (Å²) in [4.78, 5) is 19.8. The zero-order chi connectivity index (χ0) is 30.5. The lowest BCUT2D eigenvalue weighted by Gasteiger charge is -2.09. The highest BCUT2D eigenvalue weighted by Gasteiger charge is 2.11. The third-order valence-corrected chi connectivity index (χ3v) is 5.23. The molecular formula is C30H34F2N4O8. The van der Waals surface area contributed by atoms with Crippen LogP contribution in [0.15, 0.2) is 84.9 Å². The molecule has 0 heterocycles. The van der Waals surface area contributed by atoms with Crippen molar-refractivity contribution in [1.82, 2.24) is 0 Å². The first-order valence-electron chi connectivity index (χ1n) is 12.2. The van der Waals surface area contributed by atoms with Crippen LogP contribution in [0.25, 0.3) is 0 Å². The van der Waals surface area contributed by atoms with E-state index in [-0.39, 0.29) is 57.5 Å². The predicted molar refractivity (Wildman–Crippen MR) is 163 cm³/mol. The number of hydrogen-bond acceptors (Lipinski definition) is 10. The van der Waals surface area contributed by atoms with Gasteiger partial charge in [0.1, 0.15) is 37.9 Å². The Hall–Kier alpha value is -5.66. The van der Waals surface area contributed by atoms with Gasteiger partial charge in [0.25, 0.3) is 11.4 Å². The van der Waals surface area contributed by atoms with Gasteiger partial charge in [-0.1, -0.05) is 14.9 Å². The fourth-order valence-electron chi connectivity index (χ4n) is 3.20. The van der Waals surface area contributed by atoms with Gasteiger partial charge in [-0.25, -0.2) is 8.78 Å². The molecule has 0 aromatic heterocycles. The Morgan fingerprint density at radius 2 is 0.932 bits per heavy atom. The molecule has 12 nitrogen and oxygen atoms in total. The van der Waals surface area contributed by atoms with Crippen LogP contribution >= 0.6 is 0 Å². The van der Waals surface area contributed by atoms with E-state index in [9.17, 15) is 29.0 Å². The summed E-state index contributed by atoms with van der Waals surface area (Å²) in [6, 6.07) is 19.8. The van der Waals surface area contributed by atoms with Crippen LogP contribution in [0.5, 0.6) is 23.0 Å². The summed E-state index contributed by atoms with van der Waals surface area (Å²) in [5, 5.41) is 21.0. The van der Waals surface area contributed by atoms with Crippen LogP contribution < -0.4 is 30.4 Å². The second-order valence-corrected chi connectivity index (χ2v) is 8.28. The SMILES string of the molecule is C.C.Nc1ccc(OCCOc2ccc(N)cc2F)cc1.O=[N+]([O-])c1ccc(OCCOc2ccc([N+](=O)[O-])cc2F)cc1. The third kappa shape index (κ3) is 11.7. The maximum Gasteiger partial charge on any atom is 0.272 e. The van der Waals surface area contributed by atoms with Gasteiger partial charge in [-0.05, 0) is 54.6 Å². The lowest BCUT2D eigenvalue weighted by atomic mass is 10.3. The molecule has 0 atom stereocenters. The lowest BCUT2D eigenvalue weighted by Crippen LogP contribution is -2.09. The number of anilines is 2. The van der Waals surface area contributed by atoms with E-state index in [4.69, 9.17) is 30.4 Å². The molecule has 0 radical (unpaired) electrons. The molecular weight excluding hydrogens is 582 g/mol. The second-order valence-electron chi connectivity index (χ2n) is 8.28. The molecule has 0 aliphatic rings. The molecule has 0 saturated carbocycles. The van der Waals surface area contributed by atoms with Crippen molar-refractivity contribution < 1.29 is 37.6 Å². The van der Waals surface area contributed by atoms with Crippen LogP contribution in [-0.4, -0.2) is 36.3 Å². The molecule has 4 aromatic rings. The highest BCUT2D eigenvalue weighted by Crippen LogP contribution is 2.23. The maximum atomic E-state index is 13.5. The fourth-order valence-corrected chi connectivity index (χ4v) is 3.20. The Labute approximate surface area is 253 Å². The summed E-state index contributed by atoms with van der Waals surface area (Å²) in [7, 11) is 0. The van der Waals surface area contributed by atoms with Gasteiger partial charge in [-0.3, -0.25) is 20.2 Å². The van der Waals surface area contributed by atoms with Gasteiger partial charge >= 0.3 is 0 Å². The number of nitro benzene ring substituents is 2. The largest absolute Gasteiger partial charge is 0.490 e. The quantitative estimate of drug-likeness (QED) is 0.0743. The Balaban J connectivity index is 0.000000427. The Morgan fingerprint density at radius 3 is 1.39 bits per heavy atom. The van der Waals surface area contributed by atoms with Crippen molar-refractivity contribution in [3.05, 3.63) is 117 Å². The number of hydrogen-bond donors (Lipinski definition) is 2. The van der Waals surface area contributed by atoms with Crippen LogP contribution in [0.1, 0.15) is 14.9 Å². The average Bonchev–Trinajstić information content (AvgIpc) is 2.96. The number of benzene rings is 4. The smallest absolute Gasteiger partial charge is 0.272 e. The van der Waals surface area contributed by atoms with E-state index in [1.54, 1.807) is 30.3 Å². The Bertz CT molecular complexity index is 1490. The number of nitro groups is 2. The first-order valence-corrected chi connectivity index (χ1v) is 12.2. The Kier molecular flexibility index (Phi) is 14.9. The van der Waals surface area contributed by atoms with Gasteiger partial charge in [0, 0.05) is 35.6 Å². The van der Waals surface area contributed by atoms with Gasteiger partial charge in [0.15, 0.2) is 23.1 Å². The number of nitrogens with two attached hydrogens (primary N) is 2. The summed E-state index contributed by atoms with van der Waals surface area (Å²) in [5.41, 5.74) is 11.6. The second kappa shape index (κ2) is 18.0. The molecule has 0 bridgehead atoms. The van der Waals surface area contributed by atoms with Crippen molar-refractivity contribution >= 4 is 22.7 Å². The molecule has 14 heteroatoms. The number of nitrogen functional groups attached to an aromatic ring is 2. The van der Waals surface area contributed by atoms with E-state index < -0.39 is 21.5 Å². The minimum atomic E-state index is -0.838. The molecule has 236 valence electrons. The van der Waals surface area contributed by atoms with Crippen molar-refractivity contribution in [2.75, 3.05) is 37.9 Å². The summed E-state index contributed by atoms with van der Waals surface area (Å²) in [5.74, 6) is -0.182. The molecule has 0 aliphatic heterocycles. The van der Waals surface area contributed by atoms with Crippen molar-refractivity contribution in [1.29, 1.82) is 0 Å². The van der Waals surface area contributed by atoms with Crippen LogP contribution in [0.4, 0.5) is 31.5 Å². The molecule has 44 heavy (non-hydrogen) atoms. The monoisotopic (exact) mass is 616 g/mol. The number of ether oxygens (including phenoxy) is 4. The average molecular weight is 617 g/mol. The Morgan fingerprint density at radius 1 is 0.545 bits per heavy atom. The number of halogens is 2. The third-order valence-electron chi connectivity index (χ3n) is 5.23. The van der Waals surface area contributed by atoms with Gasteiger partial charge in [0.2, 0.25) is 0 Å². The van der Waals surface area contributed by atoms with Crippen LogP contribution in [0.3, 0.4) is 0 Å². The molecule has 0 fully saturated rings. The highest BCUT2D eigenvalue weighted by molar-refractivity contribution is 5.43. The molecule has 0 amide bonds. The van der Waals surface area contributed by atoms with Crippen LogP contribution in [-0.2, 0) is 0 Å². The van der Waals surface area contributed by atoms with Gasteiger partial charge in [0.05, 0.1) is 15.9 Å². The summed E-state index contributed by atoms with van der Waals surface area (Å²) in [6.45, 7) is 0.638. The highest BCUT2D eigenvalue weighted by atomic mass is 19.1. The van der Waals surface area contributed by atoms with Gasteiger partial charge in [-0.15, -0.1) is 0 Å². The molecule has 4 rings (SSSR count). The molecule has 0 saturated heterocycles. The number of nitrogens with zero attached hydrogens (tertiary/aromatic N) is 2. The minimum absolute atomic E-state index is 0. The summed E-state index contributed by atoms with van der Waals surface area (Å²) in [6.07, 6.45) is 0. The molecule has 0 spiro atoms. The van der Waals surface area contributed by atoms with E-state index in [2.05, 4.69) is 0 Å². The van der Waals surface area contributed by atoms with E-state index in [0.717, 1.165) is 12.1 Å². The first kappa shape index (κ1) is 36.4. The fraction of sp³-hybridized carbons (Fsp3) is 0.200. The van der Waals surface area contributed by atoms with Crippen molar-refractivity contribution in [2.45, 2.75) is 14.9 Å². The molecule has 0 aliphatic carbocycles. The predicted octanol–water partition coefficient (Wildman–Crippen LogP) is 6.82. The van der Waals surface area contributed by atoms with Gasteiger partial charge < -0.3 is 30.4 Å². The van der Waals surface area contributed by atoms with Crippen LogP contribution in [0.2, 0.25) is 0 Å². The van der Waals surface area contributed by atoms with Crippen molar-refractivity contribution in [2.24, 2.45) is 0 Å². The standard InChI is InChI=1S/C14H11FN2O6.C14H15FN2O2.2CH4/c15-13-9-11(17(20)21)3-6-14(13)23-8-7-22-12-4-1-10(2-5-12)16(18)19;15-13-9-11(17)3-6-14(13)19-8-7-18-12-4-1-10(16)2-5-12;;/h1-6,9H,7-8H2;1-6,9H,7-8,16-17H2;2*1H4. The van der Waals surface area contributed by atoms with Crippen molar-refractivity contribution in [3.8, 4) is 23.0 Å². The summed E-state index contributed by atoms with van der Waals surface area (Å²) < 4.78 is 48.0. The number of rotatable bonds is 12. The van der Waals surface area contributed by atoms with Crippen molar-refractivity contribution in [3.63, 3.8) is 0 Å². The molecule has 4 N–H and O–H groups in total. The maximum absolute atomic E-state index is 13.5. The zero-order valence-corrected chi connectivity index (χ0v) is 22.0. The first-order chi connectivity index (χ1) is 20.1. The van der Waals surface area contributed by atoms with Crippen LogP contribution in [0, 0.1) is 31.9 Å². The number of non-ortho nitro benzene ring substituents is 2.